The number of amides is 1. The molecule has 0 fully saturated rings. The number of carbonyl (C=O) groups is 1. The van der Waals surface area contributed by atoms with Crippen molar-refractivity contribution >= 4 is 28.5 Å². The van der Waals surface area contributed by atoms with Gasteiger partial charge in [-0.05, 0) is 55.8 Å². The number of nitrogens with one attached hydrogen (secondary N) is 2. The molecular weight excluding hydrogens is 391 g/mol. The van der Waals surface area contributed by atoms with Crippen LogP contribution in [-0.4, -0.2) is 27.6 Å². The summed E-state index contributed by atoms with van der Waals surface area (Å²) in [6, 6.07) is 13.9. The molecule has 7 heteroatoms. The molecule has 0 saturated carbocycles. The van der Waals surface area contributed by atoms with Gasteiger partial charge in [0.05, 0.1) is 16.4 Å². The molecule has 4 aromatic rings. The average Bonchev–Trinajstić information content (AvgIpc) is 3.14. The van der Waals surface area contributed by atoms with Gasteiger partial charge in [-0.1, -0.05) is 23.7 Å². The van der Waals surface area contributed by atoms with Crippen LogP contribution in [0.25, 0.3) is 33.5 Å². The van der Waals surface area contributed by atoms with Crippen molar-refractivity contribution in [2.24, 2.45) is 0 Å². The Morgan fingerprint density at radius 3 is 2.76 bits per heavy atom. The monoisotopic (exact) mass is 408 g/mol. The normalized spacial score (nSPS) is 11.0. The van der Waals surface area contributed by atoms with Crippen LogP contribution in [0.2, 0.25) is 5.02 Å². The highest BCUT2D eigenvalue weighted by Crippen LogP contribution is 2.30. The minimum Gasteiger partial charge on any atom is -0.352 e. The van der Waals surface area contributed by atoms with Gasteiger partial charge >= 0.3 is 0 Å². The number of aromatic nitrogens is 3. The molecule has 146 valence electrons. The molecule has 0 bridgehead atoms. The number of aryl methyl sites for hydroxylation is 1. The molecule has 0 spiro atoms. The van der Waals surface area contributed by atoms with Crippen LogP contribution in [0.15, 0.2) is 48.5 Å². The van der Waals surface area contributed by atoms with Gasteiger partial charge in [0.25, 0.3) is 5.91 Å². The fraction of sp³-hybridized carbons (Fsp3) is 0.136. The van der Waals surface area contributed by atoms with Gasteiger partial charge in [-0.2, -0.15) is 5.10 Å². The number of aromatic amines is 1. The number of benzene rings is 2. The second kappa shape index (κ2) is 7.64. The molecule has 0 aliphatic carbocycles. The first kappa shape index (κ1) is 19.1. The maximum Gasteiger partial charge on any atom is 0.251 e. The van der Waals surface area contributed by atoms with E-state index >= 15 is 0 Å². The van der Waals surface area contributed by atoms with Gasteiger partial charge in [-0.25, -0.2) is 9.37 Å². The van der Waals surface area contributed by atoms with Crippen molar-refractivity contribution < 1.29 is 9.18 Å². The first-order valence-electron chi connectivity index (χ1n) is 9.17. The minimum absolute atomic E-state index is 0.0699. The Labute approximate surface area is 171 Å². The Morgan fingerprint density at radius 2 is 2.00 bits per heavy atom. The predicted molar refractivity (Wildman–Crippen MR) is 112 cm³/mol. The lowest BCUT2D eigenvalue weighted by Gasteiger charge is -2.09. The maximum absolute atomic E-state index is 13.8. The average molecular weight is 409 g/mol. The maximum atomic E-state index is 13.8. The van der Waals surface area contributed by atoms with Crippen molar-refractivity contribution in [2.75, 3.05) is 6.54 Å². The number of H-pyrrole nitrogens is 1. The van der Waals surface area contributed by atoms with Gasteiger partial charge in [-0.15, -0.1) is 0 Å². The third-order valence-electron chi connectivity index (χ3n) is 4.74. The molecule has 2 aromatic heterocycles. The third kappa shape index (κ3) is 3.59. The highest BCUT2D eigenvalue weighted by Gasteiger charge is 2.14. The minimum atomic E-state index is -0.491. The topological polar surface area (TPSA) is 70.7 Å². The summed E-state index contributed by atoms with van der Waals surface area (Å²) in [5.41, 5.74) is 4.96. The molecule has 5 nitrogen and oxygen atoms in total. The molecule has 4 rings (SSSR count). The van der Waals surface area contributed by atoms with Gasteiger partial charge in [0, 0.05) is 28.6 Å². The van der Waals surface area contributed by atoms with E-state index in [9.17, 15) is 9.18 Å². The molecule has 0 saturated heterocycles. The van der Waals surface area contributed by atoms with Crippen LogP contribution in [0.1, 0.15) is 22.8 Å². The second-order valence-electron chi connectivity index (χ2n) is 6.68. The molecule has 1 amide bonds. The van der Waals surface area contributed by atoms with Crippen LogP contribution in [0.5, 0.6) is 0 Å². The molecule has 0 radical (unpaired) electrons. The quantitative estimate of drug-likeness (QED) is 0.491. The zero-order valence-corrected chi connectivity index (χ0v) is 16.6. The van der Waals surface area contributed by atoms with Crippen molar-refractivity contribution in [1.29, 1.82) is 0 Å². The first-order chi connectivity index (χ1) is 14.0. The largest absolute Gasteiger partial charge is 0.352 e. The van der Waals surface area contributed by atoms with Crippen LogP contribution in [0.3, 0.4) is 0 Å². The number of hydrogen-bond acceptors (Lipinski definition) is 3. The van der Waals surface area contributed by atoms with Crippen molar-refractivity contribution in [2.45, 2.75) is 13.8 Å². The molecule has 2 heterocycles. The smallest absolute Gasteiger partial charge is 0.251 e. The van der Waals surface area contributed by atoms with Crippen molar-refractivity contribution in [3.8, 4) is 22.5 Å². The van der Waals surface area contributed by atoms with E-state index in [1.54, 1.807) is 12.1 Å². The van der Waals surface area contributed by atoms with E-state index in [0.717, 1.165) is 16.5 Å². The zero-order valence-electron chi connectivity index (χ0n) is 15.9. The molecule has 0 unspecified atom stereocenters. The van der Waals surface area contributed by atoms with Gasteiger partial charge in [0.15, 0.2) is 5.65 Å². The summed E-state index contributed by atoms with van der Waals surface area (Å²) < 4.78 is 13.8. The van der Waals surface area contributed by atoms with Crippen molar-refractivity contribution in [3.63, 3.8) is 0 Å². The molecular formula is C22H18ClFN4O. The van der Waals surface area contributed by atoms with Crippen LogP contribution >= 0.6 is 11.6 Å². The number of rotatable bonds is 4. The van der Waals surface area contributed by atoms with Crippen molar-refractivity contribution in [3.05, 3.63) is 70.5 Å². The lowest BCUT2D eigenvalue weighted by molar-refractivity contribution is 0.0956. The predicted octanol–water partition coefficient (Wildman–Crippen LogP) is 5.14. The van der Waals surface area contributed by atoms with E-state index in [1.165, 1.54) is 12.1 Å². The van der Waals surface area contributed by atoms with Gasteiger partial charge in [-0.3, -0.25) is 9.89 Å². The number of nitrogens with zero attached hydrogens (tertiary/aromatic N) is 2. The third-order valence-corrected chi connectivity index (χ3v) is 5.05. The first-order valence-corrected chi connectivity index (χ1v) is 9.55. The Kier molecular flexibility index (Phi) is 5.03. The summed E-state index contributed by atoms with van der Waals surface area (Å²) >= 11 is 5.78. The van der Waals surface area contributed by atoms with E-state index in [-0.39, 0.29) is 10.9 Å². The Morgan fingerprint density at radius 1 is 1.17 bits per heavy atom. The summed E-state index contributed by atoms with van der Waals surface area (Å²) in [7, 11) is 0. The summed E-state index contributed by atoms with van der Waals surface area (Å²) in [5.74, 6) is -0.615. The molecule has 0 aliphatic heterocycles. The number of halogens is 2. The lowest BCUT2D eigenvalue weighted by Crippen LogP contribution is -2.22. The van der Waals surface area contributed by atoms with E-state index < -0.39 is 5.82 Å². The van der Waals surface area contributed by atoms with Crippen LogP contribution in [0, 0.1) is 12.7 Å². The van der Waals surface area contributed by atoms with Crippen LogP contribution in [0.4, 0.5) is 4.39 Å². The summed E-state index contributed by atoms with van der Waals surface area (Å²) in [6.45, 7) is 4.41. The molecule has 2 aromatic carbocycles. The Balaban J connectivity index is 1.77. The SMILES string of the molecule is CCNC(=O)c1ccc(C)c(-c2ccc3c(-c4ccc(Cl)c(F)c4)[nH]nc3n2)c1. The van der Waals surface area contributed by atoms with E-state index in [4.69, 9.17) is 11.6 Å². The molecule has 29 heavy (non-hydrogen) atoms. The molecule has 0 atom stereocenters. The molecule has 0 aliphatic rings. The fourth-order valence-corrected chi connectivity index (χ4v) is 3.34. The second-order valence-corrected chi connectivity index (χ2v) is 7.09. The number of pyridine rings is 1. The van der Waals surface area contributed by atoms with Gasteiger partial charge in [0.1, 0.15) is 5.82 Å². The summed E-state index contributed by atoms with van der Waals surface area (Å²) in [4.78, 5) is 16.8. The Bertz CT molecular complexity index is 1230. The highest BCUT2D eigenvalue weighted by molar-refractivity contribution is 6.30. The lowest BCUT2D eigenvalue weighted by atomic mass is 10.0. The molecule has 2 N–H and O–H groups in total. The Hall–Kier alpha value is -3.25. The van der Waals surface area contributed by atoms with Crippen LogP contribution in [-0.2, 0) is 0 Å². The standard InChI is InChI=1S/C22H18ClFN4O/c1-3-25-22(29)14-5-4-12(2)16(10-14)19-9-7-15-20(27-28-21(15)26-19)13-6-8-17(23)18(24)11-13/h4-11H,3H2,1-2H3,(H,25,29)(H,26,27,28). The van der Waals surface area contributed by atoms with Gasteiger partial charge < -0.3 is 5.32 Å². The summed E-state index contributed by atoms with van der Waals surface area (Å²) in [5, 5.41) is 10.9. The number of carbonyl (C=O) groups excluding carboxylic acids is 1. The van der Waals surface area contributed by atoms with E-state index in [1.807, 2.05) is 38.1 Å². The van der Waals surface area contributed by atoms with E-state index in [2.05, 4.69) is 20.5 Å². The van der Waals surface area contributed by atoms with Crippen LogP contribution < -0.4 is 5.32 Å². The van der Waals surface area contributed by atoms with E-state index in [0.29, 0.717) is 34.7 Å². The number of fused-ring (bicyclic) bond motifs is 1. The fourth-order valence-electron chi connectivity index (χ4n) is 3.22. The van der Waals surface area contributed by atoms with Crippen molar-refractivity contribution in [1.82, 2.24) is 20.5 Å². The summed E-state index contributed by atoms with van der Waals surface area (Å²) in [6.07, 6.45) is 0. The number of hydrogen-bond donors (Lipinski definition) is 2. The zero-order chi connectivity index (χ0) is 20.5. The van der Waals surface area contributed by atoms with Gasteiger partial charge in [0.2, 0.25) is 0 Å². The highest BCUT2D eigenvalue weighted by atomic mass is 35.5.